The number of carbonyl (C=O) groups excluding carboxylic acids is 2. The minimum atomic E-state index is -1.17. The van der Waals surface area contributed by atoms with Crippen LogP contribution in [0.5, 0.6) is 0 Å². The Kier molecular flexibility index (Phi) is 5.15. The van der Waals surface area contributed by atoms with Crippen LogP contribution >= 0.6 is 0 Å². The Bertz CT molecular complexity index is 145. The van der Waals surface area contributed by atoms with Gasteiger partial charge in [-0.3, -0.25) is 15.3 Å². The number of hydrogen-bond donors (Lipinski definition) is 1. The second-order valence-electron chi connectivity index (χ2n) is 2.29. The van der Waals surface area contributed by atoms with Crippen LogP contribution in [-0.4, -0.2) is 18.4 Å². The Hall–Kier alpha value is -1.06. The third-order valence-corrected chi connectivity index (χ3v) is 1.27. The van der Waals surface area contributed by atoms with Crippen molar-refractivity contribution < 1.29 is 9.59 Å². The van der Waals surface area contributed by atoms with Crippen LogP contribution in [-0.2, 0) is 9.59 Å². The van der Waals surface area contributed by atoms with Crippen molar-refractivity contribution in [1.29, 1.82) is 0 Å². The van der Waals surface area contributed by atoms with E-state index in [4.69, 9.17) is 5.73 Å². The third-order valence-electron chi connectivity index (χ3n) is 1.27. The number of carbonyl (C=O) groups is 2. The van der Waals surface area contributed by atoms with Crippen molar-refractivity contribution in [2.45, 2.75) is 26.2 Å². The fourth-order valence-corrected chi connectivity index (χ4v) is 0.657. The largest absolute Gasteiger partial charge is 0.348 e. The third kappa shape index (κ3) is 5.39. The topological polar surface area (TPSA) is 70.0 Å². The SMILES string of the molecule is CCCCCNC(=O)C([NH])=O. The van der Waals surface area contributed by atoms with Crippen molar-refractivity contribution in [3.63, 3.8) is 0 Å². The van der Waals surface area contributed by atoms with E-state index in [0.29, 0.717) is 6.54 Å². The number of amides is 2. The molecule has 11 heavy (non-hydrogen) atoms. The van der Waals surface area contributed by atoms with Crippen LogP contribution < -0.4 is 11.1 Å². The first-order valence-electron chi connectivity index (χ1n) is 3.72. The average molecular weight is 157 g/mol. The van der Waals surface area contributed by atoms with E-state index in [0.717, 1.165) is 19.3 Å². The fraction of sp³-hybridized carbons (Fsp3) is 0.714. The maximum atomic E-state index is 10.5. The highest BCUT2D eigenvalue weighted by Crippen LogP contribution is 1.90. The van der Waals surface area contributed by atoms with E-state index in [1.165, 1.54) is 0 Å². The molecule has 0 aliphatic heterocycles. The summed E-state index contributed by atoms with van der Waals surface area (Å²) in [5, 5.41) is 2.34. The van der Waals surface area contributed by atoms with Crippen LogP contribution in [0.2, 0.25) is 0 Å². The lowest BCUT2D eigenvalue weighted by Gasteiger charge is -1.99. The molecular weight excluding hydrogens is 144 g/mol. The Morgan fingerprint density at radius 2 is 2.00 bits per heavy atom. The standard InChI is InChI=1S/C7H13N2O2/c1-2-3-4-5-9-7(11)6(8)10/h8H,2-5H2,1H3,(H,9,11). The Balaban J connectivity index is 3.25. The summed E-state index contributed by atoms with van der Waals surface area (Å²) in [6, 6.07) is 0. The highest BCUT2D eigenvalue weighted by molar-refractivity contribution is 6.34. The molecule has 1 radical (unpaired) electrons. The quantitative estimate of drug-likeness (QED) is 0.464. The molecule has 0 heterocycles. The first kappa shape index (κ1) is 9.94. The second-order valence-corrected chi connectivity index (χ2v) is 2.29. The van der Waals surface area contributed by atoms with Gasteiger partial charge in [0.25, 0.3) is 0 Å². The summed E-state index contributed by atoms with van der Waals surface area (Å²) in [6.07, 6.45) is 2.98. The summed E-state index contributed by atoms with van der Waals surface area (Å²) in [5.41, 5.74) is 6.41. The molecule has 0 aromatic heterocycles. The van der Waals surface area contributed by atoms with E-state index >= 15 is 0 Å². The van der Waals surface area contributed by atoms with Gasteiger partial charge in [-0.25, -0.2) is 0 Å². The maximum Gasteiger partial charge on any atom is 0.327 e. The van der Waals surface area contributed by atoms with Gasteiger partial charge in [-0.15, -0.1) is 0 Å². The number of unbranched alkanes of at least 4 members (excludes halogenated alkanes) is 2. The van der Waals surface area contributed by atoms with Crippen molar-refractivity contribution in [2.24, 2.45) is 0 Å². The number of nitrogens with one attached hydrogen (secondary N) is 2. The Labute approximate surface area is 66.1 Å². The fourth-order valence-electron chi connectivity index (χ4n) is 0.657. The molecule has 0 aliphatic carbocycles. The van der Waals surface area contributed by atoms with Gasteiger partial charge in [-0.2, -0.15) is 0 Å². The molecule has 0 unspecified atom stereocenters. The average Bonchev–Trinajstić information content (AvgIpc) is 1.97. The van der Waals surface area contributed by atoms with Crippen LogP contribution in [0.4, 0.5) is 0 Å². The predicted octanol–water partition coefficient (Wildman–Crippen LogP) is 0.102. The molecule has 4 nitrogen and oxygen atoms in total. The maximum absolute atomic E-state index is 10.5. The summed E-state index contributed by atoms with van der Waals surface area (Å²) in [6.45, 7) is 2.55. The zero-order valence-corrected chi connectivity index (χ0v) is 6.64. The number of hydrogen-bond acceptors (Lipinski definition) is 2. The van der Waals surface area contributed by atoms with Crippen LogP contribution in [0.3, 0.4) is 0 Å². The van der Waals surface area contributed by atoms with Gasteiger partial charge in [0.2, 0.25) is 0 Å². The molecule has 2 N–H and O–H groups in total. The molecule has 0 saturated heterocycles. The van der Waals surface area contributed by atoms with Crippen molar-refractivity contribution in [3.05, 3.63) is 0 Å². The molecule has 0 aromatic rings. The van der Waals surface area contributed by atoms with Crippen molar-refractivity contribution in [3.8, 4) is 0 Å². The summed E-state index contributed by atoms with van der Waals surface area (Å²) in [5.74, 6) is -1.97. The van der Waals surface area contributed by atoms with Gasteiger partial charge in [0, 0.05) is 6.54 Å². The number of rotatable bonds is 4. The lowest BCUT2D eigenvalue weighted by molar-refractivity contribution is -0.137. The zero-order valence-electron chi connectivity index (χ0n) is 6.64. The van der Waals surface area contributed by atoms with Gasteiger partial charge in [0.15, 0.2) is 0 Å². The first-order valence-corrected chi connectivity index (χ1v) is 3.72. The molecule has 4 heteroatoms. The molecular formula is C7H13N2O2. The molecule has 0 saturated carbocycles. The van der Waals surface area contributed by atoms with Crippen LogP contribution in [0.15, 0.2) is 0 Å². The first-order chi connectivity index (χ1) is 5.18. The van der Waals surface area contributed by atoms with Crippen LogP contribution in [0, 0.1) is 0 Å². The summed E-state index contributed by atoms with van der Waals surface area (Å²) >= 11 is 0. The van der Waals surface area contributed by atoms with E-state index in [1.807, 2.05) is 0 Å². The van der Waals surface area contributed by atoms with Crippen molar-refractivity contribution in [1.82, 2.24) is 11.1 Å². The highest BCUT2D eigenvalue weighted by atomic mass is 16.2. The van der Waals surface area contributed by atoms with Gasteiger partial charge >= 0.3 is 11.8 Å². The van der Waals surface area contributed by atoms with Gasteiger partial charge in [-0.1, -0.05) is 19.8 Å². The van der Waals surface area contributed by atoms with E-state index in [9.17, 15) is 9.59 Å². The molecule has 0 rings (SSSR count). The van der Waals surface area contributed by atoms with Gasteiger partial charge in [-0.05, 0) is 6.42 Å². The lowest BCUT2D eigenvalue weighted by Crippen LogP contribution is -2.32. The second kappa shape index (κ2) is 5.70. The molecule has 63 valence electrons. The molecule has 0 aliphatic rings. The molecule has 0 atom stereocenters. The Morgan fingerprint density at radius 3 is 2.45 bits per heavy atom. The van der Waals surface area contributed by atoms with Crippen LogP contribution in [0.1, 0.15) is 26.2 Å². The lowest BCUT2D eigenvalue weighted by atomic mass is 10.2. The highest BCUT2D eigenvalue weighted by Gasteiger charge is 2.06. The molecule has 0 spiro atoms. The van der Waals surface area contributed by atoms with Gasteiger partial charge in [0.05, 0.1) is 0 Å². The van der Waals surface area contributed by atoms with E-state index < -0.39 is 11.8 Å². The molecule has 0 bridgehead atoms. The molecule has 0 aromatic carbocycles. The summed E-state index contributed by atoms with van der Waals surface area (Å²) < 4.78 is 0. The van der Waals surface area contributed by atoms with Gasteiger partial charge in [0.1, 0.15) is 0 Å². The minimum Gasteiger partial charge on any atom is -0.348 e. The summed E-state index contributed by atoms with van der Waals surface area (Å²) in [4.78, 5) is 20.5. The summed E-state index contributed by atoms with van der Waals surface area (Å²) in [7, 11) is 0. The van der Waals surface area contributed by atoms with Crippen molar-refractivity contribution >= 4 is 11.8 Å². The smallest absolute Gasteiger partial charge is 0.327 e. The normalized spacial score (nSPS) is 9.18. The predicted molar refractivity (Wildman–Crippen MR) is 40.6 cm³/mol. The van der Waals surface area contributed by atoms with E-state index in [-0.39, 0.29) is 0 Å². The van der Waals surface area contributed by atoms with E-state index in [2.05, 4.69) is 12.2 Å². The Morgan fingerprint density at radius 1 is 1.36 bits per heavy atom. The minimum absolute atomic E-state index is 0.497. The van der Waals surface area contributed by atoms with Crippen LogP contribution in [0.25, 0.3) is 0 Å². The molecule has 0 fully saturated rings. The van der Waals surface area contributed by atoms with E-state index in [1.54, 1.807) is 0 Å². The van der Waals surface area contributed by atoms with Crippen molar-refractivity contribution in [2.75, 3.05) is 6.54 Å². The van der Waals surface area contributed by atoms with Gasteiger partial charge < -0.3 is 5.32 Å². The zero-order chi connectivity index (χ0) is 8.69. The monoisotopic (exact) mass is 157 g/mol. The molecule has 2 amide bonds.